The van der Waals surface area contributed by atoms with Crippen LogP contribution in [0, 0.1) is 5.82 Å². The largest absolute Gasteiger partial charge is 0.376 e. The molecule has 2 heterocycles. The molecule has 0 bridgehead atoms. The average molecular weight is 332 g/mol. The van der Waals surface area contributed by atoms with Crippen molar-refractivity contribution in [1.29, 1.82) is 0 Å². The number of nitrogens with zero attached hydrogens (tertiary/aromatic N) is 3. The molecule has 1 fully saturated rings. The highest BCUT2D eigenvalue weighted by Crippen LogP contribution is 2.35. The van der Waals surface area contributed by atoms with Gasteiger partial charge >= 0.3 is 0 Å². The molecule has 1 N–H and O–H groups in total. The molecule has 120 valence electrons. The van der Waals surface area contributed by atoms with Crippen molar-refractivity contribution in [3.05, 3.63) is 36.3 Å². The molecule has 0 amide bonds. The van der Waals surface area contributed by atoms with Crippen LogP contribution in [-0.4, -0.2) is 33.9 Å². The summed E-state index contributed by atoms with van der Waals surface area (Å²) in [5, 5.41) is 8.69. The van der Waals surface area contributed by atoms with Crippen LogP contribution in [0.5, 0.6) is 0 Å². The van der Waals surface area contributed by atoms with E-state index in [1.165, 1.54) is 29.9 Å². The lowest BCUT2D eigenvalue weighted by molar-refractivity contribution is -0.0601. The summed E-state index contributed by atoms with van der Waals surface area (Å²) in [6.45, 7) is 0.769. The van der Waals surface area contributed by atoms with Gasteiger partial charge < -0.3 is 10.1 Å². The van der Waals surface area contributed by atoms with Crippen LogP contribution in [0.3, 0.4) is 0 Å². The molecule has 23 heavy (non-hydrogen) atoms. The number of rotatable bonds is 5. The summed E-state index contributed by atoms with van der Waals surface area (Å²) >= 11 is 1.50. The summed E-state index contributed by atoms with van der Waals surface area (Å²) in [5.74, 6) is -0.248. The second-order valence-corrected chi connectivity index (χ2v) is 6.82. The number of aromatic nitrogens is 3. The van der Waals surface area contributed by atoms with E-state index in [0.717, 1.165) is 40.7 Å². The maximum atomic E-state index is 13.0. The molecule has 0 saturated heterocycles. The van der Waals surface area contributed by atoms with Gasteiger partial charge in [0.25, 0.3) is 0 Å². The fourth-order valence-corrected chi connectivity index (χ4v) is 3.57. The van der Waals surface area contributed by atoms with E-state index in [1.54, 1.807) is 23.8 Å². The summed E-state index contributed by atoms with van der Waals surface area (Å²) in [4.78, 5) is 5.37. The second kappa shape index (κ2) is 5.58. The molecule has 1 aliphatic rings. The van der Waals surface area contributed by atoms with Crippen molar-refractivity contribution < 1.29 is 9.13 Å². The Labute approximate surface area is 137 Å². The first-order valence-electron chi connectivity index (χ1n) is 7.59. The van der Waals surface area contributed by atoms with Gasteiger partial charge in [0, 0.05) is 19.2 Å². The molecule has 1 saturated carbocycles. The molecule has 2 aromatic heterocycles. The number of benzene rings is 1. The van der Waals surface area contributed by atoms with Crippen molar-refractivity contribution >= 4 is 21.4 Å². The van der Waals surface area contributed by atoms with E-state index in [2.05, 4.69) is 15.4 Å². The van der Waals surface area contributed by atoms with Gasteiger partial charge in [0.2, 0.25) is 10.1 Å². The standard InChI is InChI=1S/C16H17FN4OS/c1-22-16(7-2-8-16)10-18-14-20-21-9-13(19-15(21)23-14)11-3-5-12(17)6-4-11/h3-6,9H,2,7-8,10H2,1H3,(H,18,20). The molecule has 0 unspecified atom stereocenters. The molecule has 4 rings (SSSR count). The number of anilines is 1. The molecule has 0 atom stereocenters. The zero-order chi connectivity index (χ0) is 15.9. The summed E-state index contributed by atoms with van der Waals surface area (Å²) in [5.41, 5.74) is 1.64. The Morgan fingerprint density at radius 3 is 2.74 bits per heavy atom. The van der Waals surface area contributed by atoms with Gasteiger partial charge in [-0.1, -0.05) is 11.3 Å². The van der Waals surface area contributed by atoms with Crippen molar-refractivity contribution in [3.63, 3.8) is 0 Å². The number of imidazole rings is 1. The van der Waals surface area contributed by atoms with Crippen molar-refractivity contribution in [2.75, 3.05) is 19.0 Å². The Balaban J connectivity index is 1.51. The van der Waals surface area contributed by atoms with Gasteiger partial charge in [0.15, 0.2) is 0 Å². The first kappa shape index (κ1) is 14.6. The van der Waals surface area contributed by atoms with Gasteiger partial charge in [-0.2, -0.15) is 0 Å². The van der Waals surface area contributed by atoms with Gasteiger partial charge in [-0.25, -0.2) is 13.9 Å². The zero-order valence-corrected chi connectivity index (χ0v) is 13.6. The number of ether oxygens (including phenoxy) is 1. The minimum absolute atomic E-state index is 0.0347. The first-order chi connectivity index (χ1) is 11.2. The summed E-state index contributed by atoms with van der Waals surface area (Å²) in [6.07, 6.45) is 5.26. The van der Waals surface area contributed by atoms with Crippen LogP contribution in [0.1, 0.15) is 19.3 Å². The van der Waals surface area contributed by atoms with E-state index < -0.39 is 0 Å². The van der Waals surface area contributed by atoms with Crippen molar-refractivity contribution in [2.24, 2.45) is 0 Å². The monoisotopic (exact) mass is 332 g/mol. The number of methoxy groups -OCH3 is 1. The molecule has 0 radical (unpaired) electrons. The number of hydrogen-bond acceptors (Lipinski definition) is 5. The average Bonchev–Trinajstić information content (AvgIpc) is 3.06. The van der Waals surface area contributed by atoms with Crippen LogP contribution in [0.25, 0.3) is 16.2 Å². The summed E-state index contributed by atoms with van der Waals surface area (Å²) in [6, 6.07) is 6.32. The Hall–Kier alpha value is -1.99. The predicted octanol–water partition coefficient (Wildman–Crippen LogP) is 3.58. The zero-order valence-electron chi connectivity index (χ0n) is 12.8. The highest BCUT2D eigenvalue weighted by atomic mass is 32.1. The Morgan fingerprint density at radius 1 is 1.35 bits per heavy atom. The lowest BCUT2D eigenvalue weighted by Gasteiger charge is -2.40. The minimum Gasteiger partial charge on any atom is -0.376 e. The number of fused-ring (bicyclic) bond motifs is 1. The smallest absolute Gasteiger partial charge is 0.214 e. The van der Waals surface area contributed by atoms with Crippen LogP contribution in [0.2, 0.25) is 0 Å². The quantitative estimate of drug-likeness (QED) is 0.776. The molecule has 0 spiro atoms. The Bertz CT molecular complexity index is 785. The van der Waals surface area contributed by atoms with Crippen LogP contribution >= 0.6 is 11.3 Å². The molecule has 7 heteroatoms. The summed E-state index contributed by atoms with van der Waals surface area (Å²) in [7, 11) is 1.77. The minimum atomic E-state index is -0.248. The predicted molar refractivity (Wildman–Crippen MR) is 88.3 cm³/mol. The molecule has 0 aliphatic heterocycles. The molecule has 5 nitrogen and oxygen atoms in total. The van der Waals surface area contributed by atoms with Crippen molar-refractivity contribution in [3.8, 4) is 11.3 Å². The normalized spacial score (nSPS) is 16.4. The lowest BCUT2D eigenvalue weighted by Crippen LogP contribution is -2.45. The number of hydrogen-bond donors (Lipinski definition) is 1. The van der Waals surface area contributed by atoms with Crippen LogP contribution in [0.15, 0.2) is 30.5 Å². The van der Waals surface area contributed by atoms with E-state index in [-0.39, 0.29) is 11.4 Å². The van der Waals surface area contributed by atoms with Gasteiger partial charge in [-0.05, 0) is 43.5 Å². The van der Waals surface area contributed by atoms with Crippen LogP contribution in [-0.2, 0) is 4.74 Å². The third kappa shape index (κ3) is 2.70. The van der Waals surface area contributed by atoms with Gasteiger partial charge in [0.05, 0.1) is 17.5 Å². The third-order valence-electron chi connectivity index (χ3n) is 4.44. The van der Waals surface area contributed by atoms with Crippen molar-refractivity contribution in [1.82, 2.24) is 14.6 Å². The van der Waals surface area contributed by atoms with Crippen LogP contribution in [0.4, 0.5) is 9.52 Å². The molecule has 3 aromatic rings. The van der Waals surface area contributed by atoms with Crippen molar-refractivity contribution in [2.45, 2.75) is 24.9 Å². The fourth-order valence-electron chi connectivity index (χ4n) is 2.79. The topological polar surface area (TPSA) is 51.5 Å². The Morgan fingerprint density at radius 2 is 2.13 bits per heavy atom. The van der Waals surface area contributed by atoms with Gasteiger partial charge in [0.1, 0.15) is 5.82 Å². The van der Waals surface area contributed by atoms with E-state index in [1.807, 2.05) is 6.20 Å². The summed E-state index contributed by atoms with van der Waals surface area (Å²) < 4.78 is 20.3. The SMILES string of the molecule is COC1(CNc2nn3cc(-c4ccc(F)cc4)nc3s2)CCC1. The van der Waals surface area contributed by atoms with Crippen LogP contribution < -0.4 is 5.32 Å². The van der Waals surface area contributed by atoms with E-state index >= 15 is 0 Å². The molecular formula is C16H17FN4OS. The Kier molecular flexibility index (Phi) is 3.54. The van der Waals surface area contributed by atoms with E-state index in [9.17, 15) is 4.39 Å². The van der Waals surface area contributed by atoms with Gasteiger partial charge in [-0.15, -0.1) is 5.10 Å². The highest BCUT2D eigenvalue weighted by Gasteiger charge is 2.36. The third-order valence-corrected chi connectivity index (χ3v) is 5.32. The number of nitrogens with one attached hydrogen (secondary N) is 1. The molecule has 1 aliphatic carbocycles. The number of halogens is 1. The fraction of sp³-hybridized carbons (Fsp3) is 0.375. The highest BCUT2D eigenvalue weighted by molar-refractivity contribution is 7.20. The lowest BCUT2D eigenvalue weighted by atomic mass is 9.80. The van der Waals surface area contributed by atoms with E-state index in [4.69, 9.17) is 4.74 Å². The van der Waals surface area contributed by atoms with E-state index in [0.29, 0.717) is 0 Å². The first-order valence-corrected chi connectivity index (χ1v) is 8.40. The maximum Gasteiger partial charge on any atom is 0.214 e. The molecule has 1 aromatic carbocycles. The maximum absolute atomic E-state index is 13.0. The second-order valence-electron chi connectivity index (χ2n) is 5.86. The van der Waals surface area contributed by atoms with Gasteiger partial charge in [-0.3, -0.25) is 0 Å². The molecular weight excluding hydrogens is 315 g/mol.